The Bertz CT molecular complexity index is 251. The van der Waals surface area contributed by atoms with Gasteiger partial charge >= 0.3 is 0 Å². The molecule has 2 rings (SSSR count). The van der Waals surface area contributed by atoms with Gasteiger partial charge in [-0.1, -0.05) is 19.1 Å². The molecular formula is C13H20O2. The summed E-state index contributed by atoms with van der Waals surface area (Å²) in [4.78, 5) is 12.2. The number of carbonyl (C=O) groups excluding carboxylic acids is 1. The van der Waals surface area contributed by atoms with Crippen LogP contribution in [-0.2, 0) is 9.53 Å². The Hall–Kier alpha value is -0.630. The molecule has 0 aromatic rings. The van der Waals surface area contributed by atoms with E-state index in [1.807, 2.05) is 0 Å². The highest BCUT2D eigenvalue weighted by atomic mass is 16.5. The molecule has 1 heterocycles. The molecule has 1 aliphatic heterocycles. The minimum absolute atomic E-state index is 0.187. The molecule has 0 aromatic heterocycles. The number of Topliss-reactive ketones (excluding diaryl/α,β-unsaturated/α-hetero) is 1. The van der Waals surface area contributed by atoms with Crippen LogP contribution in [0.2, 0.25) is 0 Å². The van der Waals surface area contributed by atoms with Gasteiger partial charge in [-0.3, -0.25) is 4.79 Å². The fraction of sp³-hybridized carbons (Fsp3) is 0.769. The van der Waals surface area contributed by atoms with Crippen molar-refractivity contribution in [2.75, 3.05) is 13.2 Å². The maximum absolute atomic E-state index is 12.2. The van der Waals surface area contributed by atoms with Crippen LogP contribution >= 0.6 is 0 Å². The lowest BCUT2D eigenvalue weighted by Crippen LogP contribution is -2.33. The first-order valence-electron chi connectivity index (χ1n) is 6.11. The lowest BCUT2D eigenvalue weighted by Gasteiger charge is -2.32. The second-order valence-electron chi connectivity index (χ2n) is 4.64. The fourth-order valence-electron chi connectivity index (χ4n) is 2.76. The Kier molecular flexibility index (Phi) is 3.57. The van der Waals surface area contributed by atoms with Gasteiger partial charge in [0.15, 0.2) is 0 Å². The molecule has 0 amide bonds. The first kappa shape index (κ1) is 10.9. The van der Waals surface area contributed by atoms with Gasteiger partial charge in [0.25, 0.3) is 0 Å². The minimum atomic E-state index is 0.187. The van der Waals surface area contributed by atoms with Crippen LogP contribution in [0.1, 0.15) is 32.6 Å². The summed E-state index contributed by atoms with van der Waals surface area (Å²) in [5.74, 6) is 1.52. The first-order chi connectivity index (χ1) is 7.33. The summed E-state index contributed by atoms with van der Waals surface area (Å²) < 4.78 is 5.35. The number of carbonyl (C=O) groups is 1. The molecule has 0 N–H and O–H groups in total. The van der Waals surface area contributed by atoms with E-state index in [4.69, 9.17) is 4.74 Å². The lowest BCUT2D eigenvalue weighted by molar-refractivity contribution is -0.128. The van der Waals surface area contributed by atoms with E-state index in [0.717, 1.165) is 38.9 Å². The van der Waals surface area contributed by atoms with Gasteiger partial charge in [0.2, 0.25) is 0 Å². The topological polar surface area (TPSA) is 26.3 Å². The van der Waals surface area contributed by atoms with Gasteiger partial charge in [0, 0.05) is 25.0 Å². The van der Waals surface area contributed by atoms with E-state index in [0.29, 0.717) is 11.7 Å². The average molecular weight is 208 g/mol. The maximum Gasteiger partial charge on any atom is 0.143 e. The second kappa shape index (κ2) is 4.93. The third-order valence-corrected chi connectivity index (χ3v) is 3.76. The van der Waals surface area contributed by atoms with Crippen LogP contribution in [0.15, 0.2) is 12.2 Å². The van der Waals surface area contributed by atoms with Crippen molar-refractivity contribution in [3.05, 3.63) is 12.2 Å². The standard InChI is InChI=1S/C13H20O2/c1-2-10-4-3-5-12(13(10)14)11-6-8-15-9-7-11/h3-4,10-12H,2,5-9H2,1H3. The highest BCUT2D eigenvalue weighted by Crippen LogP contribution is 2.33. The molecule has 0 radical (unpaired) electrons. The zero-order chi connectivity index (χ0) is 10.7. The molecule has 2 aliphatic rings. The van der Waals surface area contributed by atoms with Gasteiger partial charge in [0.1, 0.15) is 5.78 Å². The molecule has 2 atom stereocenters. The molecule has 0 aromatic carbocycles. The van der Waals surface area contributed by atoms with Gasteiger partial charge in [0.05, 0.1) is 0 Å². The molecule has 0 saturated carbocycles. The highest BCUT2D eigenvalue weighted by Gasteiger charge is 2.33. The Balaban J connectivity index is 2.02. The van der Waals surface area contributed by atoms with E-state index in [2.05, 4.69) is 19.1 Å². The third kappa shape index (κ3) is 2.31. The van der Waals surface area contributed by atoms with Crippen molar-refractivity contribution in [2.45, 2.75) is 32.6 Å². The zero-order valence-electron chi connectivity index (χ0n) is 9.45. The molecule has 1 fully saturated rings. The van der Waals surface area contributed by atoms with Gasteiger partial charge in [-0.05, 0) is 31.6 Å². The number of allylic oxidation sites excluding steroid dienone is 2. The van der Waals surface area contributed by atoms with E-state index in [1.165, 1.54) is 0 Å². The summed E-state index contributed by atoms with van der Waals surface area (Å²) in [7, 11) is 0. The number of rotatable bonds is 2. The van der Waals surface area contributed by atoms with E-state index in [9.17, 15) is 4.79 Å². The largest absolute Gasteiger partial charge is 0.381 e. The van der Waals surface area contributed by atoms with Crippen LogP contribution in [0.3, 0.4) is 0 Å². The van der Waals surface area contributed by atoms with Crippen LogP contribution < -0.4 is 0 Å². The first-order valence-corrected chi connectivity index (χ1v) is 6.11. The SMILES string of the molecule is CCC1C=CCC(C2CCOCC2)C1=O. The molecule has 2 nitrogen and oxygen atoms in total. The predicted molar refractivity (Wildman–Crippen MR) is 59.6 cm³/mol. The summed E-state index contributed by atoms with van der Waals surface area (Å²) in [6, 6.07) is 0. The fourth-order valence-corrected chi connectivity index (χ4v) is 2.76. The molecule has 1 saturated heterocycles. The highest BCUT2D eigenvalue weighted by molar-refractivity contribution is 5.86. The Morgan fingerprint density at radius 2 is 2.13 bits per heavy atom. The molecule has 2 unspecified atom stereocenters. The van der Waals surface area contributed by atoms with Gasteiger partial charge in [-0.2, -0.15) is 0 Å². The lowest BCUT2D eigenvalue weighted by atomic mass is 9.74. The van der Waals surface area contributed by atoms with Gasteiger partial charge in [-0.15, -0.1) is 0 Å². The number of hydrogen-bond donors (Lipinski definition) is 0. The molecule has 0 bridgehead atoms. The Labute approximate surface area is 91.7 Å². The van der Waals surface area contributed by atoms with Crippen LogP contribution in [0.4, 0.5) is 0 Å². The van der Waals surface area contributed by atoms with Crippen LogP contribution in [0, 0.1) is 17.8 Å². The van der Waals surface area contributed by atoms with Crippen molar-refractivity contribution in [3.63, 3.8) is 0 Å². The molecule has 84 valence electrons. The summed E-state index contributed by atoms with van der Waals surface area (Å²) in [6.45, 7) is 3.78. The summed E-state index contributed by atoms with van der Waals surface area (Å²) in [5, 5.41) is 0. The van der Waals surface area contributed by atoms with Crippen molar-refractivity contribution >= 4 is 5.78 Å². The van der Waals surface area contributed by atoms with Crippen molar-refractivity contribution in [2.24, 2.45) is 17.8 Å². The van der Waals surface area contributed by atoms with Crippen LogP contribution in [0.25, 0.3) is 0 Å². The molecule has 0 spiro atoms. The van der Waals surface area contributed by atoms with E-state index in [-0.39, 0.29) is 11.8 Å². The quantitative estimate of drug-likeness (QED) is 0.652. The molecule has 2 heteroatoms. The smallest absolute Gasteiger partial charge is 0.143 e. The van der Waals surface area contributed by atoms with Crippen LogP contribution in [-0.4, -0.2) is 19.0 Å². The van der Waals surface area contributed by atoms with Crippen molar-refractivity contribution in [3.8, 4) is 0 Å². The molecule has 1 aliphatic carbocycles. The maximum atomic E-state index is 12.2. The number of ketones is 1. The number of hydrogen-bond acceptors (Lipinski definition) is 2. The Morgan fingerprint density at radius 1 is 1.40 bits per heavy atom. The van der Waals surface area contributed by atoms with Gasteiger partial charge < -0.3 is 4.74 Å². The predicted octanol–water partition coefficient (Wildman–Crippen LogP) is 2.58. The minimum Gasteiger partial charge on any atom is -0.381 e. The van der Waals surface area contributed by atoms with E-state index < -0.39 is 0 Å². The molecular weight excluding hydrogens is 188 g/mol. The molecule has 15 heavy (non-hydrogen) atoms. The monoisotopic (exact) mass is 208 g/mol. The van der Waals surface area contributed by atoms with E-state index in [1.54, 1.807) is 0 Å². The average Bonchev–Trinajstić information content (AvgIpc) is 2.30. The Morgan fingerprint density at radius 3 is 2.80 bits per heavy atom. The number of ether oxygens (including phenoxy) is 1. The van der Waals surface area contributed by atoms with Crippen molar-refractivity contribution < 1.29 is 9.53 Å². The second-order valence-corrected chi connectivity index (χ2v) is 4.64. The zero-order valence-corrected chi connectivity index (χ0v) is 9.45. The van der Waals surface area contributed by atoms with Crippen molar-refractivity contribution in [1.29, 1.82) is 0 Å². The van der Waals surface area contributed by atoms with Crippen LogP contribution in [0.5, 0.6) is 0 Å². The summed E-state index contributed by atoms with van der Waals surface area (Å²) in [5.41, 5.74) is 0. The van der Waals surface area contributed by atoms with E-state index >= 15 is 0 Å². The van der Waals surface area contributed by atoms with Gasteiger partial charge in [-0.25, -0.2) is 0 Å². The third-order valence-electron chi connectivity index (χ3n) is 3.76. The van der Waals surface area contributed by atoms with Crippen molar-refractivity contribution in [1.82, 2.24) is 0 Å². The summed E-state index contributed by atoms with van der Waals surface area (Å²) >= 11 is 0. The normalized spacial score (nSPS) is 33.3. The summed E-state index contributed by atoms with van der Waals surface area (Å²) in [6.07, 6.45) is 8.35.